The summed E-state index contributed by atoms with van der Waals surface area (Å²) in [4.78, 5) is 0. The summed E-state index contributed by atoms with van der Waals surface area (Å²) >= 11 is 0. The van der Waals surface area contributed by atoms with Crippen LogP contribution in [0.5, 0.6) is 0 Å². The number of fused-ring (bicyclic) bond motifs is 1. The predicted molar refractivity (Wildman–Crippen MR) is 97.2 cm³/mol. The van der Waals surface area contributed by atoms with Gasteiger partial charge in [-0.15, -0.1) is 0 Å². The number of hydrogen-bond donors (Lipinski definition) is 1. The molecule has 0 amide bonds. The van der Waals surface area contributed by atoms with Crippen molar-refractivity contribution in [2.24, 2.45) is 5.92 Å². The molecule has 2 aliphatic rings. The zero-order chi connectivity index (χ0) is 20.1. The van der Waals surface area contributed by atoms with E-state index in [1.165, 1.54) is 4.31 Å². The molecule has 1 aromatic rings. The van der Waals surface area contributed by atoms with Gasteiger partial charge in [0, 0.05) is 31.1 Å². The highest BCUT2D eigenvalue weighted by Crippen LogP contribution is 2.42. The number of hydrogen-bond acceptors (Lipinski definition) is 4. The monoisotopic (exact) mass is 408 g/mol. The summed E-state index contributed by atoms with van der Waals surface area (Å²) in [5.41, 5.74) is 0.526. The van der Waals surface area contributed by atoms with E-state index in [0.29, 0.717) is 24.5 Å². The lowest BCUT2D eigenvalue weighted by Crippen LogP contribution is -2.41. The summed E-state index contributed by atoms with van der Waals surface area (Å²) in [6.07, 6.45) is -3.88. The Morgan fingerprint density at radius 3 is 2.48 bits per heavy atom. The standard InChI is InChI=1S/C17H27F3N4O2S/c1-10(2)13-7-15(17(18,19)20)24-16(21-13)8-14(22-24)12-5-6-23(9-12)27(25,26)11(3)4/h8,10-13,15,21H,5-7,9H2,1-4H3/t12-,13-,15+/m0/s1. The van der Waals surface area contributed by atoms with E-state index in [1.54, 1.807) is 19.9 Å². The number of alkyl halides is 3. The zero-order valence-electron chi connectivity index (χ0n) is 16.0. The first-order valence-corrected chi connectivity index (χ1v) is 10.8. The third-order valence-corrected chi connectivity index (χ3v) is 7.81. The van der Waals surface area contributed by atoms with Gasteiger partial charge in [-0.1, -0.05) is 13.8 Å². The zero-order valence-corrected chi connectivity index (χ0v) is 16.8. The average Bonchev–Trinajstić information content (AvgIpc) is 3.19. The van der Waals surface area contributed by atoms with Gasteiger partial charge in [0.05, 0.1) is 10.9 Å². The maximum absolute atomic E-state index is 13.6. The number of sulfonamides is 1. The smallest absolute Gasteiger partial charge is 0.367 e. The number of nitrogens with one attached hydrogen (secondary N) is 1. The molecule has 3 rings (SSSR count). The molecule has 27 heavy (non-hydrogen) atoms. The van der Waals surface area contributed by atoms with Crippen molar-refractivity contribution in [3.05, 3.63) is 11.8 Å². The van der Waals surface area contributed by atoms with Crippen molar-refractivity contribution in [2.45, 2.75) is 70.0 Å². The minimum atomic E-state index is -4.38. The van der Waals surface area contributed by atoms with E-state index in [1.807, 2.05) is 13.8 Å². The van der Waals surface area contributed by atoms with E-state index >= 15 is 0 Å². The Bertz CT molecular complexity index is 789. The Kier molecular flexibility index (Phi) is 5.26. The van der Waals surface area contributed by atoms with Gasteiger partial charge in [0.15, 0.2) is 6.04 Å². The van der Waals surface area contributed by atoms with Gasteiger partial charge in [-0.3, -0.25) is 0 Å². The van der Waals surface area contributed by atoms with Crippen LogP contribution in [0, 0.1) is 5.92 Å². The molecule has 3 atom stereocenters. The second-order valence-corrected chi connectivity index (χ2v) is 10.6. The van der Waals surface area contributed by atoms with Gasteiger partial charge in [-0.2, -0.15) is 18.3 Å². The summed E-state index contributed by atoms with van der Waals surface area (Å²) < 4.78 is 67.9. The van der Waals surface area contributed by atoms with Crippen molar-refractivity contribution < 1.29 is 21.6 Å². The fourth-order valence-electron chi connectivity index (χ4n) is 3.76. The van der Waals surface area contributed by atoms with Crippen molar-refractivity contribution in [3.8, 4) is 0 Å². The van der Waals surface area contributed by atoms with Crippen molar-refractivity contribution >= 4 is 15.8 Å². The number of aromatic nitrogens is 2. The van der Waals surface area contributed by atoms with Gasteiger partial charge in [0.25, 0.3) is 0 Å². The average molecular weight is 408 g/mol. The highest BCUT2D eigenvalue weighted by molar-refractivity contribution is 7.89. The van der Waals surface area contributed by atoms with Crippen molar-refractivity contribution in [1.82, 2.24) is 14.1 Å². The molecule has 0 unspecified atom stereocenters. The molecule has 0 radical (unpaired) electrons. The van der Waals surface area contributed by atoms with E-state index in [-0.39, 0.29) is 30.8 Å². The number of anilines is 1. The van der Waals surface area contributed by atoms with Crippen LogP contribution in [0.3, 0.4) is 0 Å². The molecular weight excluding hydrogens is 381 g/mol. The van der Waals surface area contributed by atoms with Crippen LogP contribution in [-0.2, 0) is 10.0 Å². The normalized spacial score (nSPS) is 27.2. The Morgan fingerprint density at radius 2 is 1.93 bits per heavy atom. The van der Waals surface area contributed by atoms with Gasteiger partial charge in [-0.25, -0.2) is 17.4 Å². The molecule has 3 heterocycles. The van der Waals surface area contributed by atoms with Gasteiger partial charge in [-0.05, 0) is 32.6 Å². The fraction of sp³-hybridized carbons (Fsp3) is 0.824. The second kappa shape index (κ2) is 6.95. The van der Waals surface area contributed by atoms with E-state index in [9.17, 15) is 21.6 Å². The molecule has 1 N–H and O–H groups in total. The molecule has 0 aliphatic carbocycles. The third kappa shape index (κ3) is 3.83. The molecule has 1 fully saturated rings. The van der Waals surface area contributed by atoms with Crippen LogP contribution in [0.25, 0.3) is 0 Å². The summed E-state index contributed by atoms with van der Waals surface area (Å²) in [7, 11) is -3.37. The van der Waals surface area contributed by atoms with Gasteiger partial charge in [0.2, 0.25) is 10.0 Å². The Labute approximate surface area is 158 Å². The van der Waals surface area contributed by atoms with Crippen LogP contribution in [-0.4, -0.2) is 53.1 Å². The Morgan fingerprint density at radius 1 is 1.26 bits per heavy atom. The van der Waals surface area contributed by atoms with E-state index in [2.05, 4.69) is 10.4 Å². The van der Waals surface area contributed by atoms with E-state index < -0.39 is 27.5 Å². The maximum atomic E-state index is 13.6. The lowest BCUT2D eigenvalue weighted by atomic mass is 9.94. The summed E-state index contributed by atoms with van der Waals surface area (Å²) in [5.74, 6) is 0.229. The Balaban J connectivity index is 1.87. The van der Waals surface area contributed by atoms with Gasteiger partial charge in [0.1, 0.15) is 5.82 Å². The molecule has 0 bridgehead atoms. The largest absolute Gasteiger partial charge is 0.410 e. The Hall–Kier alpha value is -1.29. The highest BCUT2D eigenvalue weighted by atomic mass is 32.2. The van der Waals surface area contributed by atoms with E-state index in [4.69, 9.17) is 0 Å². The van der Waals surface area contributed by atoms with Gasteiger partial charge < -0.3 is 5.32 Å². The van der Waals surface area contributed by atoms with Crippen LogP contribution >= 0.6 is 0 Å². The number of nitrogens with zero attached hydrogens (tertiary/aromatic N) is 3. The quantitative estimate of drug-likeness (QED) is 0.830. The van der Waals surface area contributed by atoms with Crippen molar-refractivity contribution in [3.63, 3.8) is 0 Å². The molecule has 1 aromatic heterocycles. The first-order chi connectivity index (χ1) is 12.4. The van der Waals surface area contributed by atoms with Gasteiger partial charge >= 0.3 is 6.18 Å². The van der Waals surface area contributed by atoms with Crippen LogP contribution in [0.4, 0.5) is 19.0 Å². The van der Waals surface area contributed by atoms with Crippen LogP contribution < -0.4 is 5.32 Å². The van der Waals surface area contributed by atoms with Crippen molar-refractivity contribution in [2.75, 3.05) is 18.4 Å². The first kappa shape index (κ1) is 20.4. The summed E-state index contributed by atoms with van der Waals surface area (Å²) in [6, 6.07) is -0.287. The molecule has 154 valence electrons. The SMILES string of the molecule is CC(C)[C@@H]1C[C@H](C(F)(F)F)n2nc([C@H]3CCN(S(=O)(=O)C(C)C)C3)cc2N1. The van der Waals surface area contributed by atoms with Crippen LogP contribution in [0.15, 0.2) is 6.07 Å². The lowest BCUT2D eigenvalue weighted by Gasteiger charge is -2.35. The summed E-state index contributed by atoms with van der Waals surface area (Å²) in [5, 5.41) is 6.90. The number of rotatable bonds is 4. The molecular formula is C17H27F3N4O2S. The van der Waals surface area contributed by atoms with Crippen LogP contribution in [0.2, 0.25) is 0 Å². The third-order valence-electron chi connectivity index (χ3n) is 5.57. The van der Waals surface area contributed by atoms with Crippen LogP contribution in [0.1, 0.15) is 58.2 Å². The molecule has 10 heteroatoms. The number of halogens is 3. The lowest BCUT2D eigenvalue weighted by molar-refractivity contribution is -0.174. The fourth-order valence-corrected chi connectivity index (χ4v) is 5.10. The molecule has 0 saturated carbocycles. The molecule has 2 aliphatic heterocycles. The van der Waals surface area contributed by atoms with Crippen molar-refractivity contribution in [1.29, 1.82) is 0 Å². The topological polar surface area (TPSA) is 67.2 Å². The first-order valence-electron chi connectivity index (χ1n) is 9.33. The molecule has 6 nitrogen and oxygen atoms in total. The maximum Gasteiger partial charge on any atom is 0.410 e. The summed E-state index contributed by atoms with van der Waals surface area (Å²) in [6.45, 7) is 7.68. The van der Waals surface area contributed by atoms with E-state index in [0.717, 1.165) is 4.68 Å². The molecule has 0 aromatic carbocycles. The predicted octanol–water partition coefficient (Wildman–Crippen LogP) is 3.35. The highest BCUT2D eigenvalue weighted by Gasteiger charge is 2.47. The molecule has 1 saturated heterocycles. The minimum absolute atomic E-state index is 0.0557. The second-order valence-electron chi connectivity index (χ2n) is 8.12. The molecule has 0 spiro atoms. The minimum Gasteiger partial charge on any atom is -0.367 e.